The van der Waals surface area contributed by atoms with Crippen molar-refractivity contribution in [1.29, 1.82) is 0 Å². The number of guanidine groups is 1. The Hall–Kier alpha value is -3.70. The molecule has 0 saturated carbocycles. The fourth-order valence-electron chi connectivity index (χ4n) is 2.46. The minimum absolute atomic E-state index is 0.0340. The molecule has 1 unspecified atom stereocenters. The third-order valence-electron chi connectivity index (χ3n) is 3.84. The van der Waals surface area contributed by atoms with Gasteiger partial charge in [0.25, 0.3) is 5.96 Å². The third-order valence-corrected chi connectivity index (χ3v) is 3.84. The molecule has 12 nitrogen and oxygen atoms in total. The van der Waals surface area contributed by atoms with Crippen LogP contribution in [-0.4, -0.2) is 40.0 Å². The second-order valence-corrected chi connectivity index (χ2v) is 6.37. The Bertz CT molecular complexity index is 755. The molecule has 12 heteroatoms. The number of carbonyl (C=O) groups excluding carboxylic acids is 2. The Balaban J connectivity index is 2.42. The number of aliphatic imine (C=N–C) groups is 1. The van der Waals surface area contributed by atoms with Crippen molar-refractivity contribution in [2.45, 2.75) is 51.2 Å². The highest BCUT2D eigenvalue weighted by Gasteiger charge is 2.14. The van der Waals surface area contributed by atoms with Crippen LogP contribution in [0.25, 0.3) is 0 Å². The molecule has 0 bridgehead atoms. The quantitative estimate of drug-likeness (QED) is 0.129. The van der Waals surface area contributed by atoms with Crippen molar-refractivity contribution in [3.8, 4) is 0 Å². The van der Waals surface area contributed by atoms with Crippen molar-refractivity contribution >= 4 is 23.7 Å². The van der Waals surface area contributed by atoms with E-state index in [4.69, 9.17) is 10.8 Å². The Morgan fingerprint density at radius 3 is 2.40 bits per heavy atom. The van der Waals surface area contributed by atoms with Crippen LogP contribution >= 0.6 is 0 Å². The van der Waals surface area contributed by atoms with Crippen LogP contribution in [0.4, 0.5) is 0 Å². The normalized spacial score (nSPS) is 11.9. The molecule has 0 aromatic heterocycles. The fraction of sp³-hybridized carbons (Fsp3) is 0.444. The zero-order valence-corrected chi connectivity index (χ0v) is 16.4. The summed E-state index contributed by atoms with van der Waals surface area (Å²) in [6, 6.07) is 9.39. The number of hydrazine groups is 1. The maximum atomic E-state index is 12.1. The van der Waals surface area contributed by atoms with E-state index >= 15 is 0 Å². The van der Waals surface area contributed by atoms with Crippen molar-refractivity contribution in [2.75, 3.05) is 0 Å². The molecule has 0 saturated heterocycles. The Kier molecular flexibility index (Phi) is 10.9. The van der Waals surface area contributed by atoms with Crippen molar-refractivity contribution in [3.05, 3.63) is 46.0 Å². The average Bonchev–Trinajstić information content (AvgIpc) is 2.66. The van der Waals surface area contributed by atoms with E-state index in [1.54, 1.807) is 5.43 Å². The van der Waals surface area contributed by atoms with Crippen LogP contribution < -0.4 is 21.8 Å². The Morgan fingerprint density at radius 2 is 1.77 bits per heavy atom. The van der Waals surface area contributed by atoms with Crippen LogP contribution in [0.3, 0.4) is 0 Å². The number of amides is 2. The summed E-state index contributed by atoms with van der Waals surface area (Å²) in [5, 5.41) is 23.5. The van der Waals surface area contributed by atoms with Crippen molar-refractivity contribution < 1.29 is 24.5 Å². The summed E-state index contributed by atoms with van der Waals surface area (Å²) in [6.07, 6.45) is -0.263. The first-order valence-corrected chi connectivity index (χ1v) is 9.32. The molecule has 2 amide bonds. The molecular formula is C18H26N6O6. The lowest BCUT2D eigenvalue weighted by Crippen LogP contribution is -2.41. The first kappa shape index (κ1) is 24.3. The van der Waals surface area contributed by atoms with E-state index in [0.717, 1.165) is 5.56 Å². The number of benzene rings is 1. The van der Waals surface area contributed by atoms with Gasteiger partial charge in [0.2, 0.25) is 11.8 Å². The maximum absolute atomic E-state index is 12.1. The van der Waals surface area contributed by atoms with Gasteiger partial charge in [-0.05, 0) is 24.8 Å². The molecular weight excluding hydrogens is 396 g/mol. The van der Waals surface area contributed by atoms with Crippen LogP contribution in [0, 0.1) is 10.1 Å². The molecule has 30 heavy (non-hydrogen) atoms. The third kappa shape index (κ3) is 11.9. The van der Waals surface area contributed by atoms with Crippen LogP contribution in [0.2, 0.25) is 0 Å². The second-order valence-electron chi connectivity index (χ2n) is 6.37. The predicted molar refractivity (Wildman–Crippen MR) is 107 cm³/mol. The highest BCUT2D eigenvalue weighted by atomic mass is 16.7. The smallest absolute Gasteiger partial charge is 0.303 e. The van der Waals surface area contributed by atoms with E-state index in [0.29, 0.717) is 13.0 Å². The van der Waals surface area contributed by atoms with Crippen LogP contribution in [-0.2, 0) is 20.9 Å². The Labute approximate surface area is 173 Å². The van der Waals surface area contributed by atoms with E-state index in [1.807, 2.05) is 30.3 Å². The Morgan fingerprint density at radius 1 is 1.10 bits per heavy atom. The maximum Gasteiger partial charge on any atom is 0.303 e. The lowest BCUT2D eigenvalue weighted by atomic mass is 10.2. The summed E-state index contributed by atoms with van der Waals surface area (Å²) < 4.78 is 0. The number of hydrogen-bond donors (Lipinski definition) is 5. The van der Waals surface area contributed by atoms with Crippen LogP contribution in [0.5, 0.6) is 0 Å². The number of aliphatic carboxylic acids is 1. The zero-order chi connectivity index (χ0) is 22.4. The fourth-order valence-corrected chi connectivity index (χ4v) is 2.46. The highest BCUT2D eigenvalue weighted by Crippen LogP contribution is 2.05. The number of carbonyl (C=O) groups is 3. The van der Waals surface area contributed by atoms with Gasteiger partial charge in [0.05, 0.1) is 0 Å². The SMILES string of the molecule is NC(=NC(CCCC(=O)O)NC(=O)CCCC(=O)NCc1ccccc1)N[N+](=O)[O-]. The molecule has 1 rings (SSSR count). The first-order valence-electron chi connectivity index (χ1n) is 9.32. The molecule has 1 atom stereocenters. The van der Waals surface area contributed by atoms with E-state index in [2.05, 4.69) is 15.6 Å². The highest BCUT2D eigenvalue weighted by molar-refractivity contribution is 5.80. The van der Waals surface area contributed by atoms with E-state index in [-0.39, 0.29) is 38.0 Å². The summed E-state index contributed by atoms with van der Waals surface area (Å²) >= 11 is 0. The van der Waals surface area contributed by atoms with Gasteiger partial charge in [-0.2, -0.15) is 0 Å². The largest absolute Gasteiger partial charge is 0.481 e. The minimum Gasteiger partial charge on any atom is -0.481 e. The molecule has 0 radical (unpaired) electrons. The summed E-state index contributed by atoms with van der Waals surface area (Å²) in [5.41, 5.74) is 8.01. The number of nitrogens with zero attached hydrogens (tertiary/aromatic N) is 2. The first-order chi connectivity index (χ1) is 14.3. The van der Waals surface area contributed by atoms with Gasteiger partial charge in [-0.15, -0.1) is 0 Å². The number of rotatable bonds is 13. The van der Waals surface area contributed by atoms with E-state index < -0.39 is 29.0 Å². The summed E-state index contributed by atoms with van der Waals surface area (Å²) in [7, 11) is 0. The van der Waals surface area contributed by atoms with Gasteiger partial charge in [0.15, 0.2) is 5.03 Å². The molecule has 0 fully saturated rings. The van der Waals surface area contributed by atoms with Gasteiger partial charge in [0, 0.05) is 25.8 Å². The van der Waals surface area contributed by atoms with Crippen LogP contribution in [0.15, 0.2) is 35.3 Å². The molecule has 1 aromatic rings. The molecule has 0 heterocycles. The van der Waals surface area contributed by atoms with Gasteiger partial charge in [-0.25, -0.2) is 15.1 Å². The summed E-state index contributed by atoms with van der Waals surface area (Å²) in [6.45, 7) is 0.398. The summed E-state index contributed by atoms with van der Waals surface area (Å²) in [5.74, 6) is -2.14. The number of nitrogens with one attached hydrogen (secondary N) is 3. The lowest BCUT2D eigenvalue weighted by molar-refractivity contribution is -0.525. The standard InChI is InChI=1S/C18H26N6O6/c19-18(23-24(29)30)22-14(8-4-11-17(27)28)21-16(26)10-5-9-15(25)20-12-13-6-2-1-3-7-13/h1-3,6-7,14H,4-5,8-12H2,(H,20,25)(H,21,26)(H,27,28)(H3,19,22,23). The van der Waals surface area contributed by atoms with Gasteiger partial charge >= 0.3 is 5.97 Å². The van der Waals surface area contributed by atoms with E-state index in [1.165, 1.54) is 0 Å². The predicted octanol–water partition coefficient (Wildman–Crippen LogP) is 0.266. The van der Waals surface area contributed by atoms with Crippen molar-refractivity contribution in [1.82, 2.24) is 16.1 Å². The minimum atomic E-state index is -1.01. The van der Waals surface area contributed by atoms with E-state index in [9.17, 15) is 24.5 Å². The second kappa shape index (κ2) is 13.5. The molecule has 6 N–H and O–H groups in total. The lowest BCUT2D eigenvalue weighted by Gasteiger charge is -2.15. The molecule has 0 aliphatic heterocycles. The van der Waals surface area contributed by atoms with Gasteiger partial charge in [-0.1, -0.05) is 35.8 Å². The van der Waals surface area contributed by atoms with Gasteiger partial charge in [0.1, 0.15) is 6.17 Å². The topological polar surface area (TPSA) is 189 Å². The molecule has 1 aromatic carbocycles. The van der Waals surface area contributed by atoms with Crippen LogP contribution in [0.1, 0.15) is 44.1 Å². The molecule has 0 spiro atoms. The number of nitro groups is 1. The zero-order valence-electron chi connectivity index (χ0n) is 16.4. The molecule has 0 aliphatic carbocycles. The summed E-state index contributed by atoms with van der Waals surface area (Å²) in [4.78, 5) is 48.8. The number of hydrogen-bond acceptors (Lipinski definition) is 6. The van der Waals surface area contributed by atoms with Gasteiger partial charge < -0.3 is 21.5 Å². The number of carboxylic acids is 1. The molecule has 0 aliphatic rings. The van der Waals surface area contributed by atoms with Gasteiger partial charge in [-0.3, -0.25) is 14.4 Å². The molecule has 164 valence electrons. The average molecular weight is 422 g/mol. The monoisotopic (exact) mass is 422 g/mol. The number of carboxylic acid groups (broad SMARTS) is 1. The van der Waals surface area contributed by atoms with Crippen molar-refractivity contribution in [2.24, 2.45) is 10.7 Å². The number of nitrogens with two attached hydrogens (primary N) is 1. The van der Waals surface area contributed by atoms with Crippen molar-refractivity contribution in [3.63, 3.8) is 0 Å².